The molecule has 1 heteroatoms. The zero-order valence-corrected chi connectivity index (χ0v) is 11.9. The van der Waals surface area contributed by atoms with Gasteiger partial charge >= 0.3 is 0 Å². The van der Waals surface area contributed by atoms with Crippen molar-refractivity contribution in [2.75, 3.05) is 6.54 Å². The Bertz CT molecular complexity index is 432. The molecule has 0 spiro atoms. The van der Waals surface area contributed by atoms with Crippen molar-refractivity contribution < 1.29 is 0 Å². The van der Waals surface area contributed by atoms with E-state index in [4.69, 9.17) is 0 Å². The average molecular weight is 255 g/mol. The summed E-state index contributed by atoms with van der Waals surface area (Å²) in [5.74, 6) is 1.84. The third-order valence-corrected chi connectivity index (χ3v) is 4.81. The van der Waals surface area contributed by atoms with E-state index in [1.54, 1.807) is 0 Å². The molecule has 19 heavy (non-hydrogen) atoms. The highest BCUT2D eigenvalue weighted by molar-refractivity contribution is 5.50. The summed E-state index contributed by atoms with van der Waals surface area (Å²) < 4.78 is 0. The summed E-state index contributed by atoms with van der Waals surface area (Å²) >= 11 is 0. The van der Waals surface area contributed by atoms with Gasteiger partial charge in [-0.3, -0.25) is 0 Å². The van der Waals surface area contributed by atoms with Crippen molar-refractivity contribution in [1.29, 1.82) is 0 Å². The first-order chi connectivity index (χ1) is 9.36. The lowest BCUT2D eigenvalue weighted by Gasteiger charge is -2.13. The topological polar surface area (TPSA) is 12.0 Å². The van der Waals surface area contributed by atoms with Crippen LogP contribution in [0.3, 0.4) is 0 Å². The van der Waals surface area contributed by atoms with Gasteiger partial charge in [0.1, 0.15) is 0 Å². The molecule has 2 fully saturated rings. The number of nitrogens with one attached hydrogen (secondary N) is 1. The van der Waals surface area contributed by atoms with Gasteiger partial charge < -0.3 is 5.32 Å². The molecule has 1 saturated heterocycles. The minimum atomic E-state index is 0.614. The van der Waals surface area contributed by atoms with Crippen LogP contribution in [0.25, 0.3) is 6.08 Å². The lowest BCUT2D eigenvalue weighted by Crippen LogP contribution is -2.23. The molecule has 1 nitrogen and oxygen atoms in total. The molecule has 3 rings (SSSR count). The molecule has 1 saturated carbocycles. The SMILES string of the molecule is CCCc1ccc(/C=C/C2NCC3CCCC32)cc1. The predicted octanol–water partition coefficient (Wildman–Crippen LogP) is 4.04. The van der Waals surface area contributed by atoms with E-state index < -0.39 is 0 Å². The highest BCUT2D eigenvalue weighted by Crippen LogP contribution is 2.38. The summed E-state index contributed by atoms with van der Waals surface area (Å²) in [5.41, 5.74) is 2.79. The normalized spacial score (nSPS) is 30.1. The number of rotatable bonds is 4. The maximum Gasteiger partial charge on any atom is 0.0284 e. The summed E-state index contributed by atoms with van der Waals surface area (Å²) in [6, 6.07) is 9.65. The van der Waals surface area contributed by atoms with Crippen molar-refractivity contribution in [3.63, 3.8) is 0 Å². The molecule has 1 aromatic rings. The van der Waals surface area contributed by atoms with E-state index in [0.717, 1.165) is 11.8 Å². The molecule has 0 radical (unpaired) electrons. The molecule has 1 aromatic carbocycles. The fourth-order valence-corrected chi connectivity index (χ4v) is 3.74. The Morgan fingerprint density at radius 2 is 2.05 bits per heavy atom. The third-order valence-electron chi connectivity index (χ3n) is 4.81. The molecule has 1 aliphatic heterocycles. The smallest absolute Gasteiger partial charge is 0.0284 e. The molecule has 0 aromatic heterocycles. The van der Waals surface area contributed by atoms with Gasteiger partial charge in [0.25, 0.3) is 0 Å². The van der Waals surface area contributed by atoms with Crippen LogP contribution >= 0.6 is 0 Å². The zero-order chi connectivity index (χ0) is 13.1. The maximum atomic E-state index is 3.67. The Labute approximate surface area is 117 Å². The second-order valence-electron chi connectivity index (χ2n) is 6.14. The maximum absolute atomic E-state index is 3.67. The van der Waals surface area contributed by atoms with E-state index in [1.165, 1.54) is 49.8 Å². The minimum Gasteiger partial charge on any atom is -0.310 e. The first kappa shape index (κ1) is 12.9. The fraction of sp³-hybridized carbons (Fsp3) is 0.556. The van der Waals surface area contributed by atoms with Gasteiger partial charge in [0.05, 0.1) is 0 Å². The zero-order valence-electron chi connectivity index (χ0n) is 11.9. The van der Waals surface area contributed by atoms with E-state index in [2.05, 4.69) is 48.7 Å². The number of fused-ring (bicyclic) bond motifs is 1. The summed E-state index contributed by atoms with van der Waals surface area (Å²) in [5, 5.41) is 3.67. The molecule has 102 valence electrons. The Hall–Kier alpha value is -1.08. The van der Waals surface area contributed by atoms with Crippen LogP contribution in [0.4, 0.5) is 0 Å². The monoisotopic (exact) mass is 255 g/mol. The number of hydrogen-bond acceptors (Lipinski definition) is 1. The van der Waals surface area contributed by atoms with Crippen molar-refractivity contribution >= 4 is 6.08 Å². The number of aryl methyl sites for hydroxylation is 1. The van der Waals surface area contributed by atoms with Crippen LogP contribution in [0.5, 0.6) is 0 Å². The van der Waals surface area contributed by atoms with Crippen LogP contribution in [-0.2, 0) is 6.42 Å². The van der Waals surface area contributed by atoms with Crippen LogP contribution in [0.1, 0.15) is 43.7 Å². The van der Waals surface area contributed by atoms with Gasteiger partial charge in [0.2, 0.25) is 0 Å². The van der Waals surface area contributed by atoms with Crippen molar-refractivity contribution in [2.24, 2.45) is 11.8 Å². The van der Waals surface area contributed by atoms with Gasteiger partial charge in [-0.1, -0.05) is 56.2 Å². The van der Waals surface area contributed by atoms with Gasteiger partial charge in [0, 0.05) is 6.04 Å². The summed E-state index contributed by atoms with van der Waals surface area (Å²) in [7, 11) is 0. The quantitative estimate of drug-likeness (QED) is 0.856. The first-order valence-electron chi connectivity index (χ1n) is 7.87. The first-order valence-corrected chi connectivity index (χ1v) is 7.87. The molecule has 3 atom stereocenters. The summed E-state index contributed by atoms with van der Waals surface area (Å²) in [6.45, 7) is 3.46. The van der Waals surface area contributed by atoms with Crippen LogP contribution in [0.15, 0.2) is 30.3 Å². The third kappa shape index (κ3) is 2.92. The van der Waals surface area contributed by atoms with E-state index in [1.807, 2.05) is 0 Å². The van der Waals surface area contributed by atoms with E-state index >= 15 is 0 Å². The molecule has 3 unspecified atom stereocenters. The van der Waals surface area contributed by atoms with Crippen LogP contribution in [-0.4, -0.2) is 12.6 Å². The molecular formula is C18H25N. The lowest BCUT2D eigenvalue weighted by atomic mass is 9.93. The fourth-order valence-electron chi connectivity index (χ4n) is 3.74. The molecule has 1 N–H and O–H groups in total. The molecule has 0 amide bonds. The Morgan fingerprint density at radius 3 is 2.84 bits per heavy atom. The van der Waals surface area contributed by atoms with Gasteiger partial charge in [0.15, 0.2) is 0 Å². The van der Waals surface area contributed by atoms with Gasteiger partial charge in [-0.15, -0.1) is 0 Å². The lowest BCUT2D eigenvalue weighted by molar-refractivity contribution is 0.456. The Balaban J connectivity index is 1.62. The van der Waals surface area contributed by atoms with E-state index in [0.29, 0.717) is 6.04 Å². The second-order valence-corrected chi connectivity index (χ2v) is 6.14. The molecule has 1 aliphatic carbocycles. The second kappa shape index (κ2) is 5.92. The van der Waals surface area contributed by atoms with Crippen LogP contribution in [0.2, 0.25) is 0 Å². The van der Waals surface area contributed by atoms with Crippen LogP contribution in [0, 0.1) is 11.8 Å². The Kier molecular flexibility index (Phi) is 4.03. The molecule has 2 aliphatic rings. The van der Waals surface area contributed by atoms with Crippen molar-refractivity contribution in [1.82, 2.24) is 5.32 Å². The standard InChI is InChI=1S/C18H25N/c1-2-4-14-7-9-15(10-8-14)11-12-18-17-6-3-5-16(17)13-19-18/h7-12,16-19H,2-6,13H2,1H3/b12-11+. The molecule has 0 bridgehead atoms. The number of hydrogen-bond donors (Lipinski definition) is 1. The van der Waals surface area contributed by atoms with Crippen molar-refractivity contribution in [3.05, 3.63) is 41.5 Å². The van der Waals surface area contributed by atoms with Crippen molar-refractivity contribution in [3.8, 4) is 0 Å². The highest BCUT2D eigenvalue weighted by Gasteiger charge is 2.37. The summed E-state index contributed by atoms with van der Waals surface area (Å²) in [6.07, 6.45) is 11.4. The molecule has 1 heterocycles. The highest BCUT2D eigenvalue weighted by atomic mass is 15.0. The summed E-state index contributed by atoms with van der Waals surface area (Å²) in [4.78, 5) is 0. The van der Waals surface area contributed by atoms with Crippen LogP contribution < -0.4 is 5.32 Å². The predicted molar refractivity (Wildman–Crippen MR) is 82.1 cm³/mol. The largest absolute Gasteiger partial charge is 0.310 e. The Morgan fingerprint density at radius 1 is 1.21 bits per heavy atom. The molecular weight excluding hydrogens is 230 g/mol. The number of benzene rings is 1. The average Bonchev–Trinajstić information content (AvgIpc) is 3.02. The van der Waals surface area contributed by atoms with Gasteiger partial charge in [-0.25, -0.2) is 0 Å². The van der Waals surface area contributed by atoms with Gasteiger partial charge in [-0.2, -0.15) is 0 Å². The van der Waals surface area contributed by atoms with Crippen molar-refractivity contribution in [2.45, 2.75) is 45.1 Å². The minimum absolute atomic E-state index is 0.614. The van der Waals surface area contributed by atoms with E-state index in [9.17, 15) is 0 Å². The van der Waals surface area contributed by atoms with Gasteiger partial charge in [-0.05, 0) is 48.8 Å². The van der Waals surface area contributed by atoms with E-state index in [-0.39, 0.29) is 0 Å².